The summed E-state index contributed by atoms with van der Waals surface area (Å²) in [6, 6.07) is 7.74. The van der Waals surface area contributed by atoms with E-state index in [1.54, 1.807) is 0 Å². The van der Waals surface area contributed by atoms with Crippen molar-refractivity contribution in [3.8, 4) is 0 Å². The first-order valence-corrected chi connectivity index (χ1v) is 7.06. The zero-order valence-electron chi connectivity index (χ0n) is 11.8. The third kappa shape index (κ3) is 3.88. The summed E-state index contributed by atoms with van der Waals surface area (Å²) in [6.07, 6.45) is 1.30. The zero-order chi connectivity index (χ0) is 13.8. The highest BCUT2D eigenvalue weighted by Crippen LogP contribution is 2.17. The molecule has 2 rings (SSSR count). The number of Topliss-reactive ketones (excluding diaryl/α,β-unsaturated/α-hetero) is 1. The lowest BCUT2D eigenvalue weighted by molar-refractivity contribution is 0.0287. The number of aliphatic hydroxyl groups is 1. The van der Waals surface area contributed by atoms with Gasteiger partial charge in [-0.25, -0.2) is 0 Å². The molecular weight excluding hydrogens is 238 g/mol. The van der Waals surface area contributed by atoms with Crippen molar-refractivity contribution in [2.75, 3.05) is 19.6 Å². The summed E-state index contributed by atoms with van der Waals surface area (Å²) in [5, 5.41) is 9.84. The smallest absolute Gasteiger partial charge is 0.164 e. The van der Waals surface area contributed by atoms with Gasteiger partial charge in [-0.15, -0.1) is 0 Å². The molecule has 0 aromatic heterocycles. The van der Waals surface area contributed by atoms with Gasteiger partial charge in [0.25, 0.3) is 0 Å². The maximum absolute atomic E-state index is 12.1. The molecule has 2 atom stereocenters. The Hall–Kier alpha value is -1.19. The van der Waals surface area contributed by atoms with Crippen molar-refractivity contribution in [2.45, 2.75) is 32.8 Å². The van der Waals surface area contributed by atoms with Crippen LogP contribution >= 0.6 is 0 Å². The molecule has 1 saturated heterocycles. The van der Waals surface area contributed by atoms with E-state index in [1.165, 1.54) is 0 Å². The molecule has 1 aromatic rings. The Bertz CT molecular complexity index is 444. The number of aliphatic hydroxyl groups excluding tert-OH is 1. The van der Waals surface area contributed by atoms with Crippen molar-refractivity contribution in [1.82, 2.24) is 4.90 Å². The van der Waals surface area contributed by atoms with Crippen LogP contribution in [0.4, 0.5) is 0 Å². The zero-order valence-corrected chi connectivity index (χ0v) is 11.8. The topological polar surface area (TPSA) is 40.5 Å². The van der Waals surface area contributed by atoms with Gasteiger partial charge in [0.1, 0.15) is 0 Å². The molecule has 104 valence electrons. The van der Waals surface area contributed by atoms with Crippen LogP contribution in [-0.4, -0.2) is 41.5 Å². The van der Waals surface area contributed by atoms with Crippen molar-refractivity contribution in [3.05, 3.63) is 35.4 Å². The Kier molecular flexibility index (Phi) is 4.72. The van der Waals surface area contributed by atoms with Crippen LogP contribution in [0.15, 0.2) is 24.3 Å². The van der Waals surface area contributed by atoms with Crippen molar-refractivity contribution >= 4 is 5.78 Å². The van der Waals surface area contributed by atoms with Gasteiger partial charge >= 0.3 is 0 Å². The highest BCUT2D eigenvalue weighted by molar-refractivity contribution is 5.96. The Morgan fingerprint density at radius 3 is 2.95 bits per heavy atom. The van der Waals surface area contributed by atoms with Gasteiger partial charge in [-0.2, -0.15) is 0 Å². The van der Waals surface area contributed by atoms with E-state index in [9.17, 15) is 9.90 Å². The lowest BCUT2D eigenvalue weighted by atomic mass is 9.95. The second-order valence-electron chi connectivity index (χ2n) is 5.68. The molecule has 1 aliphatic rings. The largest absolute Gasteiger partial charge is 0.392 e. The fraction of sp³-hybridized carbons (Fsp3) is 0.562. The summed E-state index contributed by atoms with van der Waals surface area (Å²) < 4.78 is 0. The number of benzene rings is 1. The molecule has 1 aliphatic heterocycles. The monoisotopic (exact) mass is 261 g/mol. The number of rotatable bonds is 4. The number of carbonyl (C=O) groups is 1. The van der Waals surface area contributed by atoms with E-state index >= 15 is 0 Å². The maximum atomic E-state index is 12.1. The molecule has 1 aromatic carbocycles. The van der Waals surface area contributed by atoms with Gasteiger partial charge in [0, 0.05) is 25.1 Å². The summed E-state index contributed by atoms with van der Waals surface area (Å²) >= 11 is 0. The number of β-amino-alcohol motifs (C(OH)–C–C–N with tert-alkyl or cyclic N) is 1. The fourth-order valence-electron chi connectivity index (χ4n) is 2.54. The summed E-state index contributed by atoms with van der Waals surface area (Å²) in [5.74, 6) is 0.570. The number of carbonyl (C=O) groups excluding carboxylic acids is 1. The number of hydrogen-bond donors (Lipinski definition) is 1. The molecule has 0 saturated carbocycles. The van der Waals surface area contributed by atoms with Crippen molar-refractivity contribution < 1.29 is 9.90 Å². The molecule has 19 heavy (non-hydrogen) atoms. The molecule has 0 bridgehead atoms. The van der Waals surface area contributed by atoms with Crippen LogP contribution in [0.1, 0.15) is 35.7 Å². The second kappa shape index (κ2) is 6.31. The minimum Gasteiger partial charge on any atom is -0.392 e. The number of ketones is 1. The van der Waals surface area contributed by atoms with Crippen molar-refractivity contribution in [3.63, 3.8) is 0 Å². The summed E-state index contributed by atoms with van der Waals surface area (Å²) in [5.41, 5.74) is 1.92. The third-order valence-corrected chi connectivity index (χ3v) is 4.00. The minimum atomic E-state index is -0.247. The van der Waals surface area contributed by atoms with E-state index in [4.69, 9.17) is 0 Å². The van der Waals surface area contributed by atoms with Crippen LogP contribution in [0.3, 0.4) is 0 Å². The van der Waals surface area contributed by atoms with E-state index in [2.05, 4.69) is 11.8 Å². The van der Waals surface area contributed by atoms with Gasteiger partial charge in [0.2, 0.25) is 0 Å². The van der Waals surface area contributed by atoms with Crippen LogP contribution < -0.4 is 0 Å². The van der Waals surface area contributed by atoms with Crippen LogP contribution in [0.25, 0.3) is 0 Å². The summed E-state index contributed by atoms with van der Waals surface area (Å²) in [4.78, 5) is 14.3. The SMILES string of the molecule is Cc1cccc(C(=O)CCN2CCC(C)C(O)C2)c1. The van der Waals surface area contributed by atoms with Gasteiger partial charge in [-0.3, -0.25) is 4.79 Å². The van der Waals surface area contributed by atoms with Crippen LogP contribution in [0, 0.1) is 12.8 Å². The summed E-state index contributed by atoms with van der Waals surface area (Å²) in [7, 11) is 0. The Labute approximate surface area is 115 Å². The number of nitrogens with zero attached hydrogens (tertiary/aromatic N) is 1. The molecule has 2 unspecified atom stereocenters. The Balaban J connectivity index is 1.84. The molecule has 1 N–H and O–H groups in total. The lowest BCUT2D eigenvalue weighted by Gasteiger charge is -2.34. The number of likely N-dealkylation sites (tertiary alicyclic amines) is 1. The number of aryl methyl sites for hydroxylation is 1. The Morgan fingerprint density at radius 2 is 2.26 bits per heavy atom. The normalized spacial score (nSPS) is 24.4. The van der Waals surface area contributed by atoms with Gasteiger partial charge in [-0.1, -0.05) is 30.7 Å². The van der Waals surface area contributed by atoms with E-state index < -0.39 is 0 Å². The second-order valence-corrected chi connectivity index (χ2v) is 5.68. The third-order valence-electron chi connectivity index (χ3n) is 4.00. The van der Waals surface area contributed by atoms with Crippen LogP contribution in [0.5, 0.6) is 0 Å². The minimum absolute atomic E-state index is 0.191. The van der Waals surface area contributed by atoms with Crippen LogP contribution in [-0.2, 0) is 0 Å². The van der Waals surface area contributed by atoms with E-state index in [0.29, 0.717) is 18.9 Å². The highest BCUT2D eigenvalue weighted by Gasteiger charge is 2.24. The number of hydrogen-bond acceptors (Lipinski definition) is 3. The molecule has 3 heteroatoms. The van der Waals surface area contributed by atoms with Crippen LogP contribution in [0.2, 0.25) is 0 Å². The summed E-state index contributed by atoms with van der Waals surface area (Å²) in [6.45, 7) is 6.51. The van der Waals surface area contributed by atoms with E-state index in [0.717, 1.165) is 30.6 Å². The number of piperidine rings is 1. The van der Waals surface area contributed by atoms with E-state index in [-0.39, 0.29) is 11.9 Å². The molecule has 0 aliphatic carbocycles. The predicted molar refractivity (Wildman–Crippen MR) is 76.4 cm³/mol. The quantitative estimate of drug-likeness (QED) is 0.845. The van der Waals surface area contributed by atoms with Crippen molar-refractivity contribution in [2.24, 2.45) is 5.92 Å². The standard InChI is InChI=1S/C16H23NO2/c1-12-4-3-5-14(10-12)15(18)7-9-17-8-6-13(2)16(19)11-17/h3-5,10,13,16,19H,6-9,11H2,1-2H3. The molecular formula is C16H23NO2. The molecule has 3 nitrogen and oxygen atoms in total. The Morgan fingerprint density at radius 1 is 1.47 bits per heavy atom. The molecule has 0 radical (unpaired) electrons. The molecule has 0 amide bonds. The average molecular weight is 261 g/mol. The highest BCUT2D eigenvalue weighted by atomic mass is 16.3. The first-order valence-electron chi connectivity index (χ1n) is 7.06. The molecule has 1 fully saturated rings. The van der Waals surface area contributed by atoms with Gasteiger partial charge < -0.3 is 10.0 Å². The fourth-order valence-corrected chi connectivity index (χ4v) is 2.54. The predicted octanol–water partition coefficient (Wildman–Crippen LogP) is 2.27. The first kappa shape index (κ1) is 14.2. The maximum Gasteiger partial charge on any atom is 0.164 e. The first-order chi connectivity index (χ1) is 9.06. The van der Waals surface area contributed by atoms with Gasteiger partial charge in [0.15, 0.2) is 5.78 Å². The van der Waals surface area contributed by atoms with Crippen molar-refractivity contribution in [1.29, 1.82) is 0 Å². The molecule has 0 spiro atoms. The lowest BCUT2D eigenvalue weighted by Crippen LogP contribution is -2.43. The average Bonchev–Trinajstić information content (AvgIpc) is 2.40. The van der Waals surface area contributed by atoms with Gasteiger partial charge in [0.05, 0.1) is 6.10 Å². The van der Waals surface area contributed by atoms with Gasteiger partial charge in [-0.05, 0) is 31.9 Å². The van der Waals surface area contributed by atoms with E-state index in [1.807, 2.05) is 31.2 Å². The molecule has 1 heterocycles.